The van der Waals surface area contributed by atoms with E-state index in [4.69, 9.17) is 16.0 Å². The molecule has 27 heavy (non-hydrogen) atoms. The third-order valence-electron chi connectivity index (χ3n) is 5.79. The molecule has 0 amide bonds. The van der Waals surface area contributed by atoms with Crippen molar-refractivity contribution in [3.8, 4) is 0 Å². The van der Waals surface area contributed by atoms with Gasteiger partial charge in [0.25, 0.3) is 0 Å². The topological polar surface area (TPSA) is 17.6 Å². The fourth-order valence-electron chi connectivity index (χ4n) is 4.70. The van der Waals surface area contributed by atoms with E-state index in [9.17, 15) is 0 Å². The van der Waals surface area contributed by atoms with E-state index in [0.717, 1.165) is 37.9 Å². The van der Waals surface area contributed by atoms with E-state index >= 15 is 0 Å². The van der Waals surface area contributed by atoms with Gasteiger partial charge in [-0.15, -0.1) is 0 Å². The molecule has 0 aliphatic rings. The van der Waals surface area contributed by atoms with Gasteiger partial charge in [-0.25, -0.2) is 0 Å². The van der Waals surface area contributed by atoms with Gasteiger partial charge < -0.3 is 8.82 Å². The molecule has 0 radical (unpaired) electrons. The molecule has 7 aromatic rings. The van der Waals surface area contributed by atoms with E-state index in [1.54, 1.807) is 0 Å². The van der Waals surface area contributed by atoms with Crippen LogP contribution in [0.25, 0.3) is 60.0 Å². The summed E-state index contributed by atoms with van der Waals surface area (Å²) in [4.78, 5) is 0. The molecule has 0 atom stereocenters. The molecule has 2 nitrogen and oxygen atoms in total. The van der Waals surface area contributed by atoms with Crippen molar-refractivity contribution < 1.29 is 4.42 Å². The molecule has 0 saturated carbocycles. The number of benzene rings is 4. The lowest BCUT2D eigenvalue weighted by Gasteiger charge is -1.99. The molecule has 0 N–H and O–H groups in total. The summed E-state index contributed by atoms with van der Waals surface area (Å²) < 4.78 is 8.47. The molecule has 3 heterocycles. The molecule has 7 rings (SSSR count). The van der Waals surface area contributed by atoms with Gasteiger partial charge in [0.1, 0.15) is 11.2 Å². The van der Waals surface area contributed by atoms with E-state index in [1.807, 2.05) is 24.3 Å². The van der Waals surface area contributed by atoms with Crippen LogP contribution < -0.4 is 0 Å². The zero-order valence-corrected chi connectivity index (χ0v) is 14.9. The zero-order chi connectivity index (χ0) is 17.7. The van der Waals surface area contributed by atoms with E-state index in [0.29, 0.717) is 0 Å². The number of fused-ring (bicyclic) bond motifs is 9. The van der Waals surface area contributed by atoms with Gasteiger partial charge >= 0.3 is 0 Å². The monoisotopic (exact) mass is 365 g/mol. The van der Waals surface area contributed by atoms with Crippen molar-refractivity contribution in [2.75, 3.05) is 0 Å². The molecule has 0 saturated heterocycles. The highest BCUT2D eigenvalue weighted by Crippen LogP contribution is 2.43. The number of hydrogen-bond acceptors (Lipinski definition) is 1. The van der Waals surface area contributed by atoms with Gasteiger partial charge in [-0.2, -0.15) is 0 Å². The lowest BCUT2D eigenvalue weighted by molar-refractivity contribution is 0.669. The Kier molecular flexibility index (Phi) is 2.34. The second kappa shape index (κ2) is 4.54. The Bertz CT molecular complexity index is 1690. The van der Waals surface area contributed by atoms with E-state index in [2.05, 4.69) is 52.9 Å². The van der Waals surface area contributed by atoms with Gasteiger partial charge in [0.15, 0.2) is 0 Å². The molecule has 4 aromatic carbocycles. The first-order chi connectivity index (χ1) is 13.3. The normalized spacial score (nSPS) is 12.6. The van der Waals surface area contributed by atoms with Gasteiger partial charge in [0.2, 0.25) is 0 Å². The molecule has 3 heteroatoms. The number of furan rings is 1. The van der Waals surface area contributed by atoms with Crippen molar-refractivity contribution >= 4 is 71.6 Å². The summed E-state index contributed by atoms with van der Waals surface area (Å²) in [6.07, 6.45) is 0. The second-order valence-corrected chi connectivity index (χ2v) is 7.54. The smallest absolute Gasteiger partial charge is 0.136 e. The maximum absolute atomic E-state index is 6.58. The summed E-state index contributed by atoms with van der Waals surface area (Å²) in [6.45, 7) is 0. The zero-order valence-electron chi connectivity index (χ0n) is 14.2. The van der Waals surface area contributed by atoms with Crippen LogP contribution in [-0.2, 0) is 0 Å². The maximum Gasteiger partial charge on any atom is 0.136 e. The lowest BCUT2D eigenvalue weighted by atomic mass is 10.1. The minimum absolute atomic E-state index is 0.798. The van der Waals surface area contributed by atoms with Gasteiger partial charge in [0.05, 0.1) is 21.6 Å². The summed E-state index contributed by atoms with van der Waals surface area (Å²) in [5, 5.41) is 7.86. The van der Waals surface area contributed by atoms with Crippen LogP contribution in [0.3, 0.4) is 0 Å². The fraction of sp³-hybridized carbons (Fsp3) is 0. The highest BCUT2D eigenvalue weighted by Gasteiger charge is 2.20. The van der Waals surface area contributed by atoms with Crippen LogP contribution >= 0.6 is 11.6 Å². The molecular formula is C24H12ClNO. The predicted octanol–water partition coefficient (Wildman–Crippen LogP) is 7.39. The molecule has 0 spiro atoms. The van der Waals surface area contributed by atoms with Crippen LogP contribution in [0.4, 0.5) is 0 Å². The van der Waals surface area contributed by atoms with Crippen molar-refractivity contribution in [2.45, 2.75) is 0 Å². The average molecular weight is 366 g/mol. The summed E-state index contributed by atoms with van der Waals surface area (Å²) >= 11 is 6.58. The first-order valence-corrected chi connectivity index (χ1v) is 9.37. The molecule has 3 aromatic heterocycles. The fourth-order valence-corrected chi connectivity index (χ4v) is 4.97. The van der Waals surface area contributed by atoms with Gasteiger partial charge in [0, 0.05) is 32.3 Å². The Morgan fingerprint density at radius 1 is 0.630 bits per heavy atom. The Morgan fingerprint density at radius 2 is 1.44 bits per heavy atom. The lowest BCUT2D eigenvalue weighted by Crippen LogP contribution is -1.80. The van der Waals surface area contributed by atoms with Crippen LogP contribution in [0.1, 0.15) is 0 Å². The number of halogens is 1. The van der Waals surface area contributed by atoms with Crippen LogP contribution in [0.15, 0.2) is 77.2 Å². The van der Waals surface area contributed by atoms with Crippen molar-refractivity contribution in [1.82, 2.24) is 4.40 Å². The van der Waals surface area contributed by atoms with Gasteiger partial charge in [-0.1, -0.05) is 54.1 Å². The van der Waals surface area contributed by atoms with Crippen LogP contribution in [0.5, 0.6) is 0 Å². The molecule has 0 aliphatic heterocycles. The van der Waals surface area contributed by atoms with Crippen molar-refractivity contribution in [3.63, 3.8) is 0 Å². The summed E-state index contributed by atoms with van der Waals surface area (Å²) in [5.74, 6) is 0. The quantitative estimate of drug-likeness (QED) is 0.274. The Morgan fingerprint density at radius 3 is 2.41 bits per heavy atom. The SMILES string of the molecule is Clc1cccc2c1c1cccc3c4cc5oc6ccccc6c5cc4n2c31. The maximum atomic E-state index is 6.58. The van der Waals surface area contributed by atoms with Crippen molar-refractivity contribution in [3.05, 3.63) is 77.8 Å². The largest absolute Gasteiger partial charge is 0.456 e. The summed E-state index contributed by atoms with van der Waals surface area (Å²) in [7, 11) is 0. The highest BCUT2D eigenvalue weighted by molar-refractivity contribution is 6.39. The molecule has 126 valence electrons. The van der Waals surface area contributed by atoms with Crippen molar-refractivity contribution in [2.24, 2.45) is 0 Å². The summed E-state index contributed by atoms with van der Waals surface area (Å²) in [6, 6.07) is 25.3. The Balaban J connectivity index is 1.84. The standard InChI is InChI=1S/C24H12ClNO/c25-18-8-4-9-19-23(18)15-7-3-6-14-16-12-22-17(11-20(16)26(19)24(14)15)13-5-1-2-10-21(13)27-22/h1-12H. The third kappa shape index (κ3) is 1.54. The number of hydrogen-bond donors (Lipinski definition) is 0. The van der Waals surface area contributed by atoms with Crippen LogP contribution in [0.2, 0.25) is 5.02 Å². The van der Waals surface area contributed by atoms with Gasteiger partial charge in [-0.3, -0.25) is 0 Å². The van der Waals surface area contributed by atoms with Crippen LogP contribution in [-0.4, -0.2) is 4.40 Å². The first kappa shape index (κ1) is 13.9. The minimum atomic E-state index is 0.798. The highest BCUT2D eigenvalue weighted by atomic mass is 35.5. The third-order valence-corrected chi connectivity index (χ3v) is 6.10. The average Bonchev–Trinajstić information content (AvgIpc) is 3.33. The number of rotatable bonds is 0. The number of nitrogens with zero attached hydrogens (tertiary/aromatic N) is 1. The molecule has 0 unspecified atom stereocenters. The van der Waals surface area contributed by atoms with E-state index in [1.165, 1.54) is 27.2 Å². The Labute approximate surface area is 158 Å². The minimum Gasteiger partial charge on any atom is -0.456 e. The number of aromatic nitrogens is 1. The summed E-state index contributed by atoms with van der Waals surface area (Å²) in [5.41, 5.74) is 5.43. The van der Waals surface area contributed by atoms with Gasteiger partial charge in [-0.05, 0) is 30.3 Å². The van der Waals surface area contributed by atoms with Crippen molar-refractivity contribution in [1.29, 1.82) is 0 Å². The van der Waals surface area contributed by atoms with E-state index in [-0.39, 0.29) is 0 Å². The predicted molar refractivity (Wildman–Crippen MR) is 113 cm³/mol. The molecular weight excluding hydrogens is 354 g/mol. The Hall–Kier alpha value is -3.23. The molecule has 0 bridgehead atoms. The molecule has 0 aliphatic carbocycles. The number of para-hydroxylation sites is 2. The van der Waals surface area contributed by atoms with Crippen LogP contribution in [0, 0.1) is 0 Å². The van der Waals surface area contributed by atoms with E-state index < -0.39 is 0 Å². The molecule has 0 fully saturated rings. The second-order valence-electron chi connectivity index (χ2n) is 7.13. The first-order valence-electron chi connectivity index (χ1n) is 8.99.